The molecule has 0 unspecified atom stereocenters. The van der Waals surface area contributed by atoms with Crippen LogP contribution < -0.4 is 0 Å². The highest BCUT2D eigenvalue weighted by Gasteiger charge is 2.50. The first-order valence-electron chi connectivity index (χ1n) is 8.69. The van der Waals surface area contributed by atoms with Crippen LogP contribution in [0.15, 0.2) is 23.4 Å². The first-order chi connectivity index (χ1) is 11.7. The summed E-state index contributed by atoms with van der Waals surface area (Å²) in [6.45, 7) is 7.38. The van der Waals surface area contributed by atoms with Gasteiger partial charge in [-0.1, -0.05) is 20.8 Å². The molecule has 1 aliphatic carbocycles. The number of amides is 1. The largest absolute Gasteiger partial charge is 0.452 e. The molecule has 2 heterocycles. The molecular weight excluding hydrogens is 336 g/mol. The van der Waals surface area contributed by atoms with Gasteiger partial charge >= 0.3 is 5.97 Å². The lowest BCUT2D eigenvalue weighted by molar-refractivity contribution is -0.135. The van der Waals surface area contributed by atoms with Gasteiger partial charge in [-0.3, -0.25) is 4.79 Å². The quantitative estimate of drug-likeness (QED) is 0.607. The van der Waals surface area contributed by atoms with Crippen LogP contribution in [0.3, 0.4) is 0 Å². The molecule has 1 amide bonds. The fraction of sp³-hybridized carbons (Fsp3) is 0.632. The van der Waals surface area contributed by atoms with Crippen molar-refractivity contribution < 1.29 is 14.3 Å². The molecule has 25 heavy (non-hydrogen) atoms. The Morgan fingerprint density at radius 2 is 2.12 bits per heavy atom. The Bertz CT molecular complexity index is 691. The van der Waals surface area contributed by atoms with E-state index in [9.17, 15) is 9.59 Å². The zero-order valence-corrected chi connectivity index (χ0v) is 16.2. The van der Waals surface area contributed by atoms with Crippen LogP contribution in [0.25, 0.3) is 0 Å². The smallest absolute Gasteiger partial charge is 0.341 e. The first-order valence-corrected chi connectivity index (χ1v) is 9.91. The summed E-state index contributed by atoms with van der Waals surface area (Å²) in [6.07, 6.45) is 6.70. The summed E-state index contributed by atoms with van der Waals surface area (Å²) in [5.41, 5.74) is 0.851. The fourth-order valence-electron chi connectivity index (χ4n) is 4.75. The van der Waals surface area contributed by atoms with Gasteiger partial charge in [0.05, 0.1) is 5.56 Å². The Morgan fingerprint density at radius 3 is 2.84 bits per heavy atom. The first kappa shape index (κ1) is 18.2. The summed E-state index contributed by atoms with van der Waals surface area (Å²) in [7, 11) is 0. The Labute approximate surface area is 153 Å². The number of fused-ring (bicyclic) bond motifs is 2. The van der Waals surface area contributed by atoms with E-state index in [-0.39, 0.29) is 29.4 Å². The van der Waals surface area contributed by atoms with Gasteiger partial charge in [0.25, 0.3) is 5.91 Å². The summed E-state index contributed by atoms with van der Waals surface area (Å²) in [5, 5.41) is 0.617. The van der Waals surface area contributed by atoms with E-state index in [1.165, 1.54) is 11.8 Å². The van der Waals surface area contributed by atoms with Crippen molar-refractivity contribution in [3.63, 3.8) is 0 Å². The van der Waals surface area contributed by atoms with Crippen LogP contribution in [0, 0.1) is 10.8 Å². The van der Waals surface area contributed by atoms with Crippen LogP contribution in [0.5, 0.6) is 0 Å². The highest BCUT2D eigenvalue weighted by Crippen LogP contribution is 2.52. The molecule has 0 spiro atoms. The minimum atomic E-state index is -0.487. The molecular formula is C19H26N2O3S. The van der Waals surface area contributed by atoms with Gasteiger partial charge in [0.1, 0.15) is 5.03 Å². The predicted octanol–water partition coefficient (Wildman–Crippen LogP) is 3.39. The van der Waals surface area contributed by atoms with Crippen molar-refractivity contribution in [1.82, 2.24) is 9.88 Å². The Hall–Kier alpha value is -1.56. The van der Waals surface area contributed by atoms with Gasteiger partial charge in [-0.15, -0.1) is 11.8 Å². The number of likely N-dealkylation sites (tertiary alicyclic amines) is 1. The molecule has 2 atom stereocenters. The summed E-state index contributed by atoms with van der Waals surface area (Å²) >= 11 is 1.39. The standard InChI is InChI=1S/C19H26N2O3S/c1-18(2)8-13-9-19(3,11-18)12-21(13)15(22)10-24-17(23)14-6-5-7-20-16(14)25-4/h5-7,13H,8-12H2,1-4H3/t13-,19-/m0/s1. The van der Waals surface area contributed by atoms with Crippen molar-refractivity contribution in [3.05, 3.63) is 23.9 Å². The number of rotatable bonds is 4. The Morgan fingerprint density at radius 1 is 1.36 bits per heavy atom. The van der Waals surface area contributed by atoms with Gasteiger partial charge < -0.3 is 9.64 Å². The number of hydrogen-bond acceptors (Lipinski definition) is 5. The molecule has 2 bridgehead atoms. The summed E-state index contributed by atoms with van der Waals surface area (Å²) in [4.78, 5) is 31.0. The Balaban J connectivity index is 1.63. The highest BCUT2D eigenvalue weighted by molar-refractivity contribution is 7.98. The number of nitrogens with zero attached hydrogens (tertiary/aromatic N) is 2. The second-order valence-electron chi connectivity index (χ2n) is 8.37. The average Bonchev–Trinajstić information content (AvgIpc) is 2.81. The van der Waals surface area contributed by atoms with Crippen molar-refractivity contribution >= 4 is 23.6 Å². The van der Waals surface area contributed by atoms with Crippen molar-refractivity contribution in [2.75, 3.05) is 19.4 Å². The molecule has 1 saturated heterocycles. The van der Waals surface area contributed by atoms with E-state index in [4.69, 9.17) is 4.74 Å². The lowest BCUT2D eigenvalue weighted by Gasteiger charge is -2.39. The van der Waals surface area contributed by atoms with Gasteiger partial charge in [-0.05, 0) is 48.5 Å². The topological polar surface area (TPSA) is 59.5 Å². The van der Waals surface area contributed by atoms with Crippen LogP contribution in [-0.4, -0.2) is 47.2 Å². The second-order valence-corrected chi connectivity index (χ2v) is 9.17. The lowest BCUT2D eigenvalue weighted by atomic mass is 9.65. The van der Waals surface area contributed by atoms with Gasteiger partial charge in [0.15, 0.2) is 6.61 Å². The van der Waals surface area contributed by atoms with Gasteiger partial charge in [0.2, 0.25) is 0 Å². The van der Waals surface area contributed by atoms with Crippen LogP contribution in [-0.2, 0) is 9.53 Å². The maximum atomic E-state index is 12.7. The van der Waals surface area contributed by atoms with E-state index < -0.39 is 5.97 Å². The van der Waals surface area contributed by atoms with Crippen molar-refractivity contribution in [3.8, 4) is 0 Å². The summed E-state index contributed by atoms with van der Waals surface area (Å²) < 4.78 is 5.29. The zero-order chi connectivity index (χ0) is 18.2. The molecule has 5 nitrogen and oxygen atoms in total. The van der Waals surface area contributed by atoms with Crippen molar-refractivity contribution in [2.24, 2.45) is 10.8 Å². The number of carbonyl (C=O) groups excluding carboxylic acids is 2. The normalized spacial score (nSPS) is 27.2. The van der Waals surface area contributed by atoms with E-state index in [2.05, 4.69) is 25.8 Å². The molecule has 2 fully saturated rings. The minimum absolute atomic E-state index is 0.0885. The molecule has 1 aliphatic heterocycles. The molecule has 0 aromatic carbocycles. The fourth-order valence-corrected chi connectivity index (χ4v) is 5.29. The number of esters is 1. The molecule has 1 saturated carbocycles. The number of hydrogen-bond donors (Lipinski definition) is 0. The summed E-state index contributed by atoms with van der Waals surface area (Å²) in [5.74, 6) is -0.575. The second kappa shape index (κ2) is 6.63. The van der Waals surface area contributed by atoms with E-state index >= 15 is 0 Å². The Kier molecular flexibility index (Phi) is 4.84. The van der Waals surface area contributed by atoms with Crippen molar-refractivity contribution in [1.29, 1.82) is 0 Å². The third-order valence-electron chi connectivity index (χ3n) is 5.25. The van der Waals surface area contributed by atoms with E-state index in [0.29, 0.717) is 10.6 Å². The number of ether oxygens (including phenoxy) is 1. The monoisotopic (exact) mass is 362 g/mol. The van der Waals surface area contributed by atoms with Crippen LogP contribution >= 0.6 is 11.8 Å². The van der Waals surface area contributed by atoms with Crippen LogP contribution in [0.1, 0.15) is 50.4 Å². The van der Waals surface area contributed by atoms with E-state index in [1.54, 1.807) is 18.3 Å². The molecule has 0 N–H and O–H groups in total. The number of carbonyl (C=O) groups is 2. The van der Waals surface area contributed by atoms with Gasteiger partial charge in [-0.2, -0.15) is 0 Å². The molecule has 1 aromatic rings. The zero-order valence-electron chi connectivity index (χ0n) is 15.4. The molecule has 0 radical (unpaired) electrons. The number of thioether (sulfide) groups is 1. The minimum Gasteiger partial charge on any atom is -0.452 e. The van der Waals surface area contributed by atoms with E-state index in [1.807, 2.05) is 11.2 Å². The lowest BCUT2D eigenvalue weighted by Crippen LogP contribution is -2.39. The average molecular weight is 362 g/mol. The predicted molar refractivity (Wildman–Crippen MR) is 97.5 cm³/mol. The molecule has 136 valence electrons. The third kappa shape index (κ3) is 3.84. The summed E-state index contributed by atoms with van der Waals surface area (Å²) in [6, 6.07) is 3.64. The maximum absolute atomic E-state index is 12.7. The third-order valence-corrected chi connectivity index (χ3v) is 5.96. The number of aromatic nitrogens is 1. The highest BCUT2D eigenvalue weighted by atomic mass is 32.2. The van der Waals surface area contributed by atoms with Crippen LogP contribution in [0.4, 0.5) is 0 Å². The number of pyridine rings is 1. The van der Waals surface area contributed by atoms with E-state index in [0.717, 1.165) is 25.8 Å². The molecule has 1 aromatic heterocycles. The molecule has 3 rings (SSSR count). The SMILES string of the molecule is CSc1ncccc1C(=O)OCC(=O)N1C[C@@]2(C)C[C@@H]1CC(C)(C)C2. The van der Waals surface area contributed by atoms with Gasteiger partial charge in [0, 0.05) is 18.8 Å². The van der Waals surface area contributed by atoms with Crippen LogP contribution in [0.2, 0.25) is 0 Å². The molecule has 6 heteroatoms. The molecule has 2 aliphatic rings. The van der Waals surface area contributed by atoms with Gasteiger partial charge in [-0.25, -0.2) is 9.78 Å². The maximum Gasteiger partial charge on any atom is 0.341 e. The van der Waals surface area contributed by atoms with Crippen molar-refractivity contribution in [2.45, 2.75) is 51.1 Å².